The lowest BCUT2D eigenvalue weighted by atomic mass is 10.2. The highest BCUT2D eigenvalue weighted by Crippen LogP contribution is 2.30. The van der Waals surface area contributed by atoms with Crippen molar-refractivity contribution in [1.29, 1.82) is 0 Å². The molecule has 0 spiro atoms. The van der Waals surface area contributed by atoms with Crippen molar-refractivity contribution in [2.75, 3.05) is 5.43 Å². The number of anilines is 1. The van der Waals surface area contributed by atoms with Gasteiger partial charge in [-0.2, -0.15) is 0 Å². The quantitative estimate of drug-likeness (QED) is 0.553. The molecule has 5 nitrogen and oxygen atoms in total. The predicted octanol–water partition coefficient (Wildman–Crippen LogP) is 2.66. The van der Waals surface area contributed by atoms with Crippen molar-refractivity contribution in [3.05, 3.63) is 35.0 Å². The number of hydrazine groups is 1. The van der Waals surface area contributed by atoms with Crippen LogP contribution < -0.4 is 11.3 Å². The molecule has 0 unspecified atom stereocenters. The summed E-state index contributed by atoms with van der Waals surface area (Å²) < 4.78 is 0. The molecular formula is C13H13N5S. The van der Waals surface area contributed by atoms with Crippen molar-refractivity contribution in [2.24, 2.45) is 5.84 Å². The molecule has 96 valence electrons. The van der Waals surface area contributed by atoms with Gasteiger partial charge in [0.15, 0.2) is 11.6 Å². The van der Waals surface area contributed by atoms with E-state index in [1.807, 2.05) is 38.1 Å². The highest BCUT2D eigenvalue weighted by molar-refractivity contribution is 7.15. The maximum atomic E-state index is 5.55. The van der Waals surface area contributed by atoms with Crippen LogP contribution in [0.2, 0.25) is 0 Å². The van der Waals surface area contributed by atoms with Gasteiger partial charge in [0.2, 0.25) is 0 Å². The molecule has 19 heavy (non-hydrogen) atoms. The first-order valence-corrected chi connectivity index (χ1v) is 6.68. The van der Waals surface area contributed by atoms with Crippen LogP contribution in [0.5, 0.6) is 0 Å². The summed E-state index contributed by atoms with van der Waals surface area (Å²) in [6, 6.07) is 7.78. The van der Waals surface area contributed by atoms with Crippen LogP contribution in [0, 0.1) is 13.8 Å². The van der Waals surface area contributed by atoms with Crippen molar-refractivity contribution in [3.8, 4) is 10.7 Å². The van der Waals surface area contributed by atoms with E-state index in [1.165, 1.54) is 0 Å². The SMILES string of the molecule is Cc1nc(C)c(-c2nc(NN)c3ccccc3n2)s1. The van der Waals surface area contributed by atoms with Crippen molar-refractivity contribution < 1.29 is 0 Å². The second-order valence-electron chi connectivity index (χ2n) is 4.20. The third-order valence-corrected chi connectivity index (χ3v) is 3.92. The lowest BCUT2D eigenvalue weighted by molar-refractivity contribution is 1.16. The van der Waals surface area contributed by atoms with E-state index in [4.69, 9.17) is 5.84 Å². The predicted molar refractivity (Wildman–Crippen MR) is 77.9 cm³/mol. The number of para-hydroxylation sites is 1. The van der Waals surface area contributed by atoms with E-state index in [2.05, 4.69) is 20.4 Å². The molecule has 0 fully saturated rings. The minimum Gasteiger partial charge on any atom is -0.308 e. The maximum absolute atomic E-state index is 5.55. The molecule has 0 aliphatic rings. The van der Waals surface area contributed by atoms with Crippen molar-refractivity contribution in [2.45, 2.75) is 13.8 Å². The first-order chi connectivity index (χ1) is 9.19. The van der Waals surface area contributed by atoms with Gasteiger partial charge >= 0.3 is 0 Å². The van der Waals surface area contributed by atoms with Gasteiger partial charge < -0.3 is 5.43 Å². The smallest absolute Gasteiger partial charge is 0.174 e. The molecule has 0 amide bonds. The lowest BCUT2D eigenvalue weighted by Gasteiger charge is -2.06. The van der Waals surface area contributed by atoms with Crippen LogP contribution in [0.4, 0.5) is 5.82 Å². The number of thiazole rings is 1. The van der Waals surface area contributed by atoms with Crippen LogP contribution in [-0.2, 0) is 0 Å². The van der Waals surface area contributed by atoms with E-state index in [0.29, 0.717) is 11.6 Å². The van der Waals surface area contributed by atoms with E-state index in [1.54, 1.807) is 11.3 Å². The van der Waals surface area contributed by atoms with Crippen molar-refractivity contribution in [3.63, 3.8) is 0 Å². The average Bonchev–Trinajstić information content (AvgIpc) is 2.76. The topological polar surface area (TPSA) is 76.7 Å². The first kappa shape index (κ1) is 12.0. The van der Waals surface area contributed by atoms with E-state index < -0.39 is 0 Å². The van der Waals surface area contributed by atoms with Crippen LogP contribution in [0.15, 0.2) is 24.3 Å². The number of nitrogens with two attached hydrogens (primary N) is 1. The number of fused-ring (bicyclic) bond motifs is 1. The van der Waals surface area contributed by atoms with E-state index in [9.17, 15) is 0 Å². The molecule has 6 heteroatoms. The molecule has 0 aliphatic heterocycles. The second-order valence-corrected chi connectivity index (χ2v) is 5.41. The van der Waals surface area contributed by atoms with Crippen molar-refractivity contribution in [1.82, 2.24) is 15.0 Å². The number of nitrogens with one attached hydrogen (secondary N) is 1. The number of aromatic nitrogens is 3. The van der Waals surface area contributed by atoms with E-state index in [-0.39, 0.29) is 0 Å². The number of aryl methyl sites for hydroxylation is 2. The van der Waals surface area contributed by atoms with Crippen LogP contribution >= 0.6 is 11.3 Å². The van der Waals surface area contributed by atoms with Gasteiger partial charge in [0.1, 0.15) is 0 Å². The zero-order valence-corrected chi connectivity index (χ0v) is 11.5. The fourth-order valence-corrected chi connectivity index (χ4v) is 2.88. The Morgan fingerprint density at radius 2 is 1.89 bits per heavy atom. The van der Waals surface area contributed by atoms with Gasteiger partial charge in [0.05, 0.1) is 21.1 Å². The van der Waals surface area contributed by atoms with Gasteiger partial charge in [-0.15, -0.1) is 11.3 Å². The van der Waals surface area contributed by atoms with Gasteiger partial charge in [-0.25, -0.2) is 20.8 Å². The summed E-state index contributed by atoms with van der Waals surface area (Å²) in [5.74, 6) is 6.85. The van der Waals surface area contributed by atoms with Crippen LogP contribution in [0.25, 0.3) is 21.6 Å². The van der Waals surface area contributed by atoms with Gasteiger partial charge in [0, 0.05) is 5.39 Å². The number of hydrogen-bond donors (Lipinski definition) is 2. The molecule has 3 rings (SSSR count). The Labute approximate surface area is 114 Å². The normalized spacial score (nSPS) is 10.9. The second kappa shape index (κ2) is 4.56. The highest BCUT2D eigenvalue weighted by Gasteiger charge is 2.13. The van der Waals surface area contributed by atoms with Gasteiger partial charge in [0.25, 0.3) is 0 Å². The summed E-state index contributed by atoms with van der Waals surface area (Å²) in [7, 11) is 0. The Morgan fingerprint density at radius 1 is 1.11 bits per heavy atom. The van der Waals surface area contributed by atoms with Gasteiger partial charge in [-0.3, -0.25) is 0 Å². The molecule has 0 aliphatic carbocycles. The summed E-state index contributed by atoms with van der Waals surface area (Å²) >= 11 is 1.59. The molecule has 3 N–H and O–H groups in total. The third kappa shape index (κ3) is 2.05. The summed E-state index contributed by atoms with van der Waals surface area (Å²) in [6.07, 6.45) is 0. The Bertz CT molecular complexity index is 750. The summed E-state index contributed by atoms with van der Waals surface area (Å²) in [5.41, 5.74) is 4.45. The number of rotatable bonds is 2. The molecule has 0 atom stereocenters. The zero-order chi connectivity index (χ0) is 13.4. The molecule has 0 saturated heterocycles. The number of hydrogen-bond acceptors (Lipinski definition) is 6. The first-order valence-electron chi connectivity index (χ1n) is 5.87. The Kier molecular flexibility index (Phi) is 2.88. The summed E-state index contributed by atoms with van der Waals surface area (Å²) in [5, 5.41) is 1.92. The van der Waals surface area contributed by atoms with E-state index in [0.717, 1.165) is 26.5 Å². The molecule has 3 aromatic rings. The number of nitrogens with zero attached hydrogens (tertiary/aromatic N) is 3. The van der Waals surface area contributed by atoms with Crippen LogP contribution in [0.1, 0.15) is 10.7 Å². The van der Waals surface area contributed by atoms with Crippen molar-refractivity contribution >= 4 is 28.1 Å². The third-order valence-electron chi connectivity index (χ3n) is 2.85. The van der Waals surface area contributed by atoms with E-state index >= 15 is 0 Å². The molecule has 2 aromatic heterocycles. The minimum atomic E-state index is 0.631. The van der Waals surface area contributed by atoms with Gasteiger partial charge in [-0.1, -0.05) is 12.1 Å². The average molecular weight is 271 g/mol. The standard InChI is InChI=1S/C13H13N5S/c1-7-11(19-8(2)15-7)13-16-10-6-4-3-5-9(10)12(17-13)18-14/h3-6H,14H2,1-2H3,(H,16,17,18). The molecular weight excluding hydrogens is 258 g/mol. The molecule has 1 aromatic carbocycles. The Balaban J connectivity index is 2.28. The van der Waals surface area contributed by atoms with Gasteiger partial charge in [-0.05, 0) is 26.0 Å². The monoisotopic (exact) mass is 271 g/mol. The van der Waals surface area contributed by atoms with Crippen LogP contribution in [-0.4, -0.2) is 15.0 Å². The summed E-state index contributed by atoms with van der Waals surface area (Å²) in [6.45, 7) is 3.94. The minimum absolute atomic E-state index is 0.631. The number of benzene rings is 1. The summed E-state index contributed by atoms with van der Waals surface area (Å²) in [4.78, 5) is 14.5. The fraction of sp³-hybridized carbons (Fsp3) is 0.154. The lowest BCUT2D eigenvalue weighted by Crippen LogP contribution is -2.10. The molecule has 2 heterocycles. The Hall–Kier alpha value is -2.05. The largest absolute Gasteiger partial charge is 0.308 e. The zero-order valence-electron chi connectivity index (χ0n) is 10.6. The molecule has 0 radical (unpaired) electrons. The molecule has 0 bridgehead atoms. The highest BCUT2D eigenvalue weighted by atomic mass is 32.1. The fourth-order valence-electron chi connectivity index (χ4n) is 2.03. The maximum Gasteiger partial charge on any atom is 0.174 e. The Morgan fingerprint density at radius 3 is 2.58 bits per heavy atom. The van der Waals surface area contributed by atoms with Crippen LogP contribution in [0.3, 0.4) is 0 Å². The molecule has 0 saturated carbocycles. The number of nitrogen functional groups attached to an aromatic ring is 1.